The number of anilines is 1. The van der Waals surface area contributed by atoms with Crippen molar-refractivity contribution >= 4 is 15.7 Å². The van der Waals surface area contributed by atoms with Crippen LogP contribution in [0.25, 0.3) is 0 Å². The Kier molecular flexibility index (Phi) is 5.51. The van der Waals surface area contributed by atoms with Gasteiger partial charge in [0.1, 0.15) is 0 Å². The second-order valence-electron chi connectivity index (χ2n) is 5.32. The molecule has 0 unspecified atom stereocenters. The maximum absolute atomic E-state index is 12.2. The summed E-state index contributed by atoms with van der Waals surface area (Å²) in [7, 11) is -1.61. The van der Waals surface area contributed by atoms with Gasteiger partial charge in [0.25, 0.3) is 10.0 Å². The third kappa shape index (κ3) is 4.13. The number of nitrogens with one attached hydrogen (secondary N) is 2. The Hall–Kier alpha value is -1.22. The largest absolute Gasteiger partial charge is 0.321 e. The lowest BCUT2D eigenvalue weighted by atomic mass is 10.2. The number of aromatic nitrogens is 1. The molecule has 21 heavy (non-hydrogen) atoms. The van der Waals surface area contributed by atoms with Crippen molar-refractivity contribution in [2.45, 2.75) is 36.8 Å². The molecular formula is C13H23N5O2S. The molecule has 0 aliphatic heterocycles. The molecule has 1 heterocycles. The molecule has 1 aromatic rings. The van der Waals surface area contributed by atoms with Crippen LogP contribution in [0, 0.1) is 0 Å². The van der Waals surface area contributed by atoms with Crippen molar-refractivity contribution in [2.75, 3.05) is 25.6 Å². The topological polar surface area (TPSA) is 100 Å². The zero-order chi connectivity index (χ0) is 15.3. The first-order valence-corrected chi connectivity index (χ1v) is 8.64. The Morgan fingerprint density at radius 2 is 2.14 bits per heavy atom. The fourth-order valence-corrected chi connectivity index (χ4v) is 3.78. The summed E-state index contributed by atoms with van der Waals surface area (Å²) in [6.07, 6.45) is 6.36. The van der Waals surface area contributed by atoms with Gasteiger partial charge in [-0.1, -0.05) is 12.8 Å². The van der Waals surface area contributed by atoms with Crippen LogP contribution in [0.4, 0.5) is 5.69 Å². The standard InChI is InChI=1S/C13H23N5O2S/c1-18(11-5-2-3-6-11)10-9-16-21(19,20)13-12(17-14)7-4-8-15-13/h4,7-8,11,16-17H,2-3,5-6,9-10,14H2,1H3. The van der Waals surface area contributed by atoms with Gasteiger partial charge in [-0.25, -0.2) is 18.1 Å². The summed E-state index contributed by atoms with van der Waals surface area (Å²) in [5.41, 5.74) is 2.64. The van der Waals surface area contributed by atoms with Crippen LogP contribution < -0.4 is 16.0 Å². The molecular weight excluding hydrogens is 290 g/mol. The zero-order valence-corrected chi connectivity index (χ0v) is 13.1. The molecule has 0 atom stereocenters. The van der Waals surface area contributed by atoms with Crippen molar-refractivity contribution in [2.24, 2.45) is 5.84 Å². The third-order valence-electron chi connectivity index (χ3n) is 3.89. The molecule has 1 saturated carbocycles. The molecule has 7 nitrogen and oxygen atoms in total. The maximum atomic E-state index is 12.2. The highest BCUT2D eigenvalue weighted by molar-refractivity contribution is 7.89. The number of hydrazine groups is 1. The van der Waals surface area contributed by atoms with E-state index in [1.807, 2.05) is 7.05 Å². The summed E-state index contributed by atoms with van der Waals surface area (Å²) < 4.78 is 27.0. The summed E-state index contributed by atoms with van der Waals surface area (Å²) in [4.78, 5) is 6.11. The average Bonchev–Trinajstić information content (AvgIpc) is 3.01. The molecule has 118 valence electrons. The minimum Gasteiger partial charge on any atom is -0.321 e. The van der Waals surface area contributed by atoms with Gasteiger partial charge in [-0.2, -0.15) is 0 Å². The number of hydrogen-bond donors (Lipinski definition) is 3. The normalized spacial score (nSPS) is 16.5. The first kappa shape index (κ1) is 16.2. The van der Waals surface area contributed by atoms with Crippen molar-refractivity contribution in [3.05, 3.63) is 18.3 Å². The van der Waals surface area contributed by atoms with Crippen molar-refractivity contribution in [3.8, 4) is 0 Å². The van der Waals surface area contributed by atoms with Crippen LogP contribution in [0.2, 0.25) is 0 Å². The van der Waals surface area contributed by atoms with Crippen molar-refractivity contribution in [3.63, 3.8) is 0 Å². The number of nitrogens with two attached hydrogens (primary N) is 1. The molecule has 4 N–H and O–H groups in total. The highest BCUT2D eigenvalue weighted by atomic mass is 32.2. The van der Waals surface area contributed by atoms with E-state index in [0.717, 1.165) is 0 Å². The predicted octanol–water partition coefficient (Wildman–Crippen LogP) is 0.520. The average molecular weight is 313 g/mol. The number of rotatable bonds is 7. The Balaban J connectivity index is 1.92. The minimum atomic E-state index is -3.65. The Labute approximate surface area is 125 Å². The van der Waals surface area contributed by atoms with Gasteiger partial charge in [-0.15, -0.1) is 0 Å². The first-order valence-electron chi connectivity index (χ1n) is 7.16. The van der Waals surface area contributed by atoms with Gasteiger partial charge in [0, 0.05) is 25.3 Å². The molecule has 0 radical (unpaired) electrons. The fourth-order valence-electron chi connectivity index (χ4n) is 2.67. The maximum Gasteiger partial charge on any atom is 0.260 e. The van der Waals surface area contributed by atoms with E-state index >= 15 is 0 Å². The van der Waals surface area contributed by atoms with E-state index in [1.54, 1.807) is 12.1 Å². The van der Waals surface area contributed by atoms with E-state index in [-0.39, 0.29) is 10.7 Å². The van der Waals surface area contributed by atoms with Gasteiger partial charge in [-0.3, -0.25) is 5.84 Å². The lowest BCUT2D eigenvalue weighted by Crippen LogP contribution is -2.37. The Morgan fingerprint density at radius 3 is 2.81 bits per heavy atom. The van der Waals surface area contributed by atoms with Crippen LogP contribution in [-0.2, 0) is 10.0 Å². The summed E-state index contributed by atoms with van der Waals surface area (Å²) in [6, 6.07) is 3.78. The van der Waals surface area contributed by atoms with Gasteiger partial charge in [0.15, 0.2) is 5.03 Å². The first-order chi connectivity index (χ1) is 10.0. The number of hydrogen-bond acceptors (Lipinski definition) is 6. The van der Waals surface area contributed by atoms with E-state index in [1.165, 1.54) is 31.9 Å². The highest BCUT2D eigenvalue weighted by Gasteiger charge is 2.22. The summed E-state index contributed by atoms with van der Waals surface area (Å²) >= 11 is 0. The number of nitrogens with zero attached hydrogens (tertiary/aromatic N) is 2. The Morgan fingerprint density at radius 1 is 1.43 bits per heavy atom. The van der Waals surface area contributed by atoms with Gasteiger partial charge < -0.3 is 10.3 Å². The van der Waals surface area contributed by atoms with Gasteiger partial charge in [0.05, 0.1) is 5.69 Å². The molecule has 0 bridgehead atoms. The molecule has 0 saturated heterocycles. The number of nitrogen functional groups attached to an aromatic ring is 1. The second kappa shape index (κ2) is 7.17. The van der Waals surface area contributed by atoms with E-state index in [9.17, 15) is 8.42 Å². The van der Waals surface area contributed by atoms with Crippen LogP contribution in [0.15, 0.2) is 23.4 Å². The molecule has 8 heteroatoms. The van der Waals surface area contributed by atoms with Crippen molar-refractivity contribution in [1.82, 2.24) is 14.6 Å². The quantitative estimate of drug-likeness (QED) is 0.501. The van der Waals surface area contributed by atoms with E-state index in [4.69, 9.17) is 5.84 Å². The van der Waals surface area contributed by atoms with Crippen LogP contribution in [0.1, 0.15) is 25.7 Å². The van der Waals surface area contributed by atoms with Gasteiger partial charge >= 0.3 is 0 Å². The van der Waals surface area contributed by atoms with E-state index in [0.29, 0.717) is 19.1 Å². The third-order valence-corrected chi connectivity index (χ3v) is 5.30. The summed E-state index contributed by atoms with van der Waals surface area (Å²) in [5.74, 6) is 5.32. The van der Waals surface area contributed by atoms with Crippen LogP contribution in [0.5, 0.6) is 0 Å². The Bertz CT molecular complexity index is 557. The van der Waals surface area contributed by atoms with Crippen LogP contribution in [-0.4, -0.2) is 44.5 Å². The fraction of sp³-hybridized carbons (Fsp3) is 0.615. The second-order valence-corrected chi connectivity index (χ2v) is 7.00. The van der Waals surface area contributed by atoms with Crippen LogP contribution in [0.3, 0.4) is 0 Å². The molecule has 1 aliphatic rings. The minimum absolute atomic E-state index is 0.0731. The lowest BCUT2D eigenvalue weighted by Gasteiger charge is -2.23. The smallest absolute Gasteiger partial charge is 0.260 e. The predicted molar refractivity (Wildman–Crippen MR) is 82.1 cm³/mol. The van der Waals surface area contributed by atoms with Crippen molar-refractivity contribution in [1.29, 1.82) is 0 Å². The molecule has 2 rings (SSSR count). The molecule has 1 aromatic heterocycles. The molecule has 1 aliphatic carbocycles. The summed E-state index contributed by atoms with van der Waals surface area (Å²) in [6.45, 7) is 1.04. The molecule has 0 spiro atoms. The van der Waals surface area contributed by atoms with E-state index < -0.39 is 10.0 Å². The van der Waals surface area contributed by atoms with Gasteiger partial charge in [-0.05, 0) is 32.0 Å². The highest BCUT2D eigenvalue weighted by Crippen LogP contribution is 2.22. The monoisotopic (exact) mass is 313 g/mol. The number of sulfonamides is 1. The summed E-state index contributed by atoms with van der Waals surface area (Å²) in [5, 5.41) is -0.0731. The zero-order valence-electron chi connectivity index (χ0n) is 12.2. The van der Waals surface area contributed by atoms with Crippen molar-refractivity contribution < 1.29 is 8.42 Å². The van der Waals surface area contributed by atoms with Crippen LogP contribution >= 0.6 is 0 Å². The lowest BCUT2D eigenvalue weighted by molar-refractivity contribution is 0.250. The molecule has 0 aromatic carbocycles. The molecule has 0 amide bonds. The number of pyridine rings is 1. The SMILES string of the molecule is CN(CCNS(=O)(=O)c1ncccc1NN)C1CCCC1. The van der Waals surface area contributed by atoms with E-state index in [2.05, 4.69) is 20.0 Å². The number of likely N-dealkylation sites (N-methyl/N-ethyl adjacent to an activating group) is 1. The molecule has 1 fully saturated rings. The van der Waals surface area contributed by atoms with Gasteiger partial charge in [0.2, 0.25) is 0 Å².